The van der Waals surface area contributed by atoms with Gasteiger partial charge in [0, 0.05) is 25.2 Å². The van der Waals surface area contributed by atoms with E-state index in [1.54, 1.807) is 9.91 Å². The lowest BCUT2D eigenvalue weighted by molar-refractivity contribution is -0.133. The number of hydrazone groups is 1. The van der Waals surface area contributed by atoms with Crippen LogP contribution >= 0.6 is 0 Å². The highest BCUT2D eigenvalue weighted by Gasteiger charge is 2.43. The van der Waals surface area contributed by atoms with Crippen molar-refractivity contribution in [3.05, 3.63) is 65.7 Å². The molecule has 0 spiro atoms. The number of benzene rings is 2. The molecule has 35 heavy (non-hydrogen) atoms. The zero-order valence-corrected chi connectivity index (χ0v) is 20.0. The van der Waals surface area contributed by atoms with Crippen molar-refractivity contribution < 1.29 is 14.3 Å². The zero-order chi connectivity index (χ0) is 24.2. The quantitative estimate of drug-likeness (QED) is 0.634. The molecule has 0 radical (unpaired) electrons. The van der Waals surface area contributed by atoms with E-state index in [1.807, 2.05) is 42.5 Å². The van der Waals surface area contributed by atoms with Crippen molar-refractivity contribution in [3.8, 4) is 0 Å². The largest absolute Gasteiger partial charge is 0.445 e. The molecule has 2 aromatic carbocycles. The summed E-state index contributed by atoms with van der Waals surface area (Å²) in [6.07, 6.45) is 4.45. The molecule has 8 nitrogen and oxygen atoms in total. The van der Waals surface area contributed by atoms with Gasteiger partial charge in [-0.1, -0.05) is 48.9 Å². The number of primary amides is 1. The van der Waals surface area contributed by atoms with Crippen LogP contribution in [0, 0.1) is 0 Å². The molecule has 184 valence electrons. The second-order valence-corrected chi connectivity index (χ2v) is 9.60. The van der Waals surface area contributed by atoms with Crippen LogP contribution in [0.15, 0.2) is 59.7 Å². The van der Waals surface area contributed by atoms with E-state index in [2.05, 4.69) is 22.1 Å². The van der Waals surface area contributed by atoms with Crippen LogP contribution in [0.25, 0.3) is 0 Å². The number of hydrogen-bond donors (Lipinski definition) is 1. The van der Waals surface area contributed by atoms with Crippen LogP contribution in [-0.4, -0.2) is 59.5 Å². The van der Waals surface area contributed by atoms with Gasteiger partial charge in [0.15, 0.2) is 0 Å². The van der Waals surface area contributed by atoms with E-state index in [-0.39, 0.29) is 18.4 Å². The van der Waals surface area contributed by atoms with E-state index in [1.165, 1.54) is 30.4 Å². The summed E-state index contributed by atoms with van der Waals surface area (Å²) in [5, 5.41) is 6.16. The molecular weight excluding hydrogens is 442 g/mol. The summed E-state index contributed by atoms with van der Waals surface area (Å²) in [4.78, 5) is 29.3. The van der Waals surface area contributed by atoms with E-state index in [0.29, 0.717) is 18.9 Å². The van der Waals surface area contributed by atoms with Crippen LogP contribution in [0.3, 0.4) is 0 Å². The second kappa shape index (κ2) is 10.5. The van der Waals surface area contributed by atoms with Gasteiger partial charge in [0.1, 0.15) is 0 Å². The fourth-order valence-electron chi connectivity index (χ4n) is 5.13. The summed E-state index contributed by atoms with van der Waals surface area (Å²) < 4.78 is 5.80. The number of amides is 2. The topological polar surface area (TPSA) is 91.5 Å². The monoisotopic (exact) mass is 475 g/mol. The number of ether oxygens (including phenoxy) is 1. The fraction of sp³-hybridized carbons (Fsp3) is 0.444. The van der Waals surface area contributed by atoms with Gasteiger partial charge >= 0.3 is 0 Å². The van der Waals surface area contributed by atoms with E-state index in [4.69, 9.17) is 10.5 Å². The van der Waals surface area contributed by atoms with Gasteiger partial charge in [-0.05, 0) is 55.6 Å². The Morgan fingerprint density at radius 2 is 1.71 bits per heavy atom. The number of likely N-dealkylation sites (tertiary alicyclic amines) is 1. The van der Waals surface area contributed by atoms with Gasteiger partial charge < -0.3 is 15.4 Å². The molecule has 2 atom stereocenters. The maximum atomic E-state index is 12.9. The number of nitrogens with two attached hydrogens (primary N) is 1. The molecule has 2 saturated heterocycles. The van der Waals surface area contributed by atoms with E-state index >= 15 is 0 Å². The van der Waals surface area contributed by atoms with Gasteiger partial charge in [0.25, 0.3) is 12.1 Å². The normalized spacial score (nSPS) is 22.9. The number of anilines is 1. The minimum Gasteiger partial charge on any atom is -0.445 e. The van der Waals surface area contributed by atoms with E-state index < -0.39 is 12.1 Å². The number of nitrogens with zero attached hydrogens (tertiary/aromatic N) is 4. The first-order valence-corrected chi connectivity index (χ1v) is 12.5. The third kappa shape index (κ3) is 5.48. The molecule has 0 aromatic heterocycles. The van der Waals surface area contributed by atoms with Gasteiger partial charge in [-0.2, -0.15) is 0 Å². The average molecular weight is 476 g/mol. The van der Waals surface area contributed by atoms with Crippen LogP contribution < -0.4 is 10.6 Å². The van der Waals surface area contributed by atoms with Gasteiger partial charge in [0.05, 0.1) is 12.5 Å². The molecule has 2 unspecified atom stereocenters. The van der Waals surface area contributed by atoms with Crippen molar-refractivity contribution in [2.24, 2.45) is 10.8 Å². The van der Waals surface area contributed by atoms with Crippen molar-refractivity contribution in [1.82, 2.24) is 9.91 Å². The fourth-order valence-corrected chi connectivity index (χ4v) is 5.13. The minimum atomic E-state index is -0.981. The second-order valence-electron chi connectivity index (χ2n) is 9.60. The molecule has 3 heterocycles. The molecule has 0 bridgehead atoms. The molecule has 2 aromatic rings. The highest BCUT2D eigenvalue weighted by Crippen LogP contribution is 2.29. The van der Waals surface area contributed by atoms with Crippen LogP contribution in [0.1, 0.15) is 43.2 Å². The molecule has 3 aliphatic heterocycles. The Labute approximate surface area is 206 Å². The predicted octanol–water partition coefficient (Wildman–Crippen LogP) is 2.87. The number of aryl methyl sites for hydroxylation is 1. The molecular formula is C27H33N5O3. The Kier molecular flexibility index (Phi) is 6.99. The summed E-state index contributed by atoms with van der Waals surface area (Å²) in [6.45, 7) is 3.69. The number of carbonyl (C=O) groups excluding carboxylic acids is 2. The highest BCUT2D eigenvalue weighted by molar-refractivity contribution is 5.96. The molecule has 0 aliphatic carbocycles. The van der Waals surface area contributed by atoms with Gasteiger partial charge in [-0.25, -0.2) is 5.01 Å². The van der Waals surface area contributed by atoms with Gasteiger partial charge in [-0.15, -0.1) is 5.10 Å². The standard InChI is InChI=1S/C27H33N5O3/c28-26(34)27-32(29-24(35-27)14-11-20-7-3-1-4-8-20)23-17-25(33)31(19-23)22-12-9-21(10-13-22)18-30-15-5-2-6-16-30/h1,3-4,7-10,12-13,23,27H,2,5-6,11,14-19H2,(H2,28,34). The third-order valence-electron chi connectivity index (χ3n) is 7.01. The highest BCUT2D eigenvalue weighted by atomic mass is 16.5. The summed E-state index contributed by atoms with van der Waals surface area (Å²) in [7, 11) is 0. The Bertz CT molecular complexity index is 1070. The van der Waals surface area contributed by atoms with Crippen molar-refractivity contribution in [1.29, 1.82) is 0 Å². The zero-order valence-electron chi connectivity index (χ0n) is 20.0. The van der Waals surface area contributed by atoms with Crippen molar-refractivity contribution in [2.45, 2.75) is 57.3 Å². The number of hydrogen-bond acceptors (Lipinski definition) is 6. The van der Waals surface area contributed by atoms with Crippen LogP contribution in [-0.2, 0) is 27.3 Å². The summed E-state index contributed by atoms with van der Waals surface area (Å²) in [5.41, 5.74) is 8.91. The lowest BCUT2D eigenvalue weighted by atomic mass is 10.1. The Morgan fingerprint density at radius 3 is 2.43 bits per heavy atom. The van der Waals surface area contributed by atoms with Crippen molar-refractivity contribution in [3.63, 3.8) is 0 Å². The maximum absolute atomic E-state index is 12.9. The number of piperidine rings is 1. The predicted molar refractivity (Wildman–Crippen MR) is 134 cm³/mol. The van der Waals surface area contributed by atoms with Crippen molar-refractivity contribution >= 4 is 23.4 Å². The summed E-state index contributed by atoms with van der Waals surface area (Å²) >= 11 is 0. The van der Waals surface area contributed by atoms with Crippen LogP contribution in [0.4, 0.5) is 5.69 Å². The number of carbonyl (C=O) groups is 2. The first-order valence-electron chi connectivity index (χ1n) is 12.5. The van der Waals surface area contributed by atoms with Gasteiger partial charge in [-0.3, -0.25) is 14.5 Å². The lowest BCUT2D eigenvalue weighted by Crippen LogP contribution is -2.46. The molecule has 8 heteroatoms. The first kappa shape index (κ1) is 23.4. The van der Waals surface area contributed by atoms with Crippen LogP contribution in [0.2, 0.25) is 0 Å². The molecule has 2 N–H and O–H groups in total. The lowest BCUT2D eigenvalue weighted by Gasteiger charge is -2.27. The SMILES string of the molecule is NC(=O)C1OC(CCc2ccccc2)=NN1C1CC(=O)N(c2ccc(CN3CCCCC3)cc2)C1. The van der Waals surface area contributed by atoms with Gasteiger partial charge in [0.2, 0.25) is 11.8 Å². The molecule has 2 amide bonds. The van der Waals surface area contributed by atoms with E-state index in [0.717, 1.165) is 31.7 Å². The Morgan fingerprint density at radius 1 is 0.971 bits per heavy atom. The Hall–Kier alpha value is -3.39. The molecule has 5 rings (SSSR count). The first-order chi connectivity index (χ1) is 17.1. The summed E-state index contributed by atoms with van der Waals surface area (Å²) in [5.74, 6) is -0.114. The molecule has 2 fully saturated rings. The Balaban J connectivity index is 1.23. The number of rotatable bonds is 8. The maximum Gasteiger partial charge on any atom is 0.281 e. The smallest absolute Gasteiger partial charge is 0.281 e. The van der Waals surface area contributed by atoms with E-state index in [9.17, 15) is 9.59 Å². The summed E-state index contributed by atoms with van der Waals surface area (Å²) in [6, 6.07) is 18.0. The average Bonchev–Trinajstić information content (AvgIpc) is 3.48. The minimum absolute atomic E-state index is 0.00920. The molecule has 0 saturated carbocycles. The molecule has 3 aliphatic rings. The van der Waals surface area contributed by atoms with Crippen LogP contribution in [0.5, 0.6) is 0 Å². The van der Waals surface area contributed by atoms with Crippen molar-refractivity contribution in [2.75, 3.05) is 24.5 Å². The third-order valence-corrected chi connectivity index (χ3v) is 7.01.